The van der Waals surface area contributed by atoms with Crippen molar-refractivity contribution in [3.8, 4) is 0 Å². The average Bonchev–Trinajstić information content (AvgIpc) is 2.18. The molecule has 0 aliphatic heterocycles. The van der Waals surface area contributed by atoms with Gasteiger partial charge in [0.05, 0.1) is 0 Å². The number of carbonyl (C=O) groups excluding carboxylic acids is 1. The molecule has 0 unspecified atom stereocenters. The number of benzene rings is 1. The normalized spacial score (nSPS) is 8.46. The van der Waals surface area contributed by atoms with Gasteiger partial charge in [0.15, 0.2) is 0 Å². The second kappa shape index (κ2) is 8.98. The average molecular weight is 178 g/mol. The zero-order valence-electron chi connectivity index (χ0n) is 8.49. The number of hydrogen-bond acceptors (Lipinski definition) is 1. The Labute approximate surface area is 80.8 Å². The van der Waals surface area contributed by atoms with Crippen molar-refractivity contribution in [3.63, 3.8) is 0 Å². The van der Waals surface area contributed by atoms with Gasteiger partial charge in [-0.2, -0.15) is 0 Å². The molecule has 1 heteroatoms. The molecule has 0 amide bonds. The van der Waals surface area contributed by atoms with E-state index in [1.165, 1.54) is 31.7 Å². The van der Waals surface area contributed by atoms with Gasteiger partial charge in [0.25, 0.3) is 0 Å². The van der Waals surface area contributed by atoms with Gasteiger partial charge in [-0.25, -0.2) is 0 Å². The highest BCUT2D eigenvalue weighted by Crippen LogP contribution is 2.03. The lowest BCUT2D eigenvalue weighted by molar-refractivity contribution is -0.106. The summed E-state index contributed by atoms with van der Waals surface area (Å²) in [6.45, 7) is 3.67. The highest BCUT2D eigenvalue weighted by molar-refractivity contribution is 5.44. The maximum atomic E-state index is 8.81. The Hall–Kier alpha value is -1.11. The number of aldehydes is 1. The Bertz CT molecular complexity index is 204. The quantitative estimate of drug-likeness (QED) is 0.649. The van der Waals surface area contributed by atoms with Crippen LogP contribution in [-0.2, 0) is 11.2 Å². The number of carbonyl (C=O) groups is 1. The van der Waals surface area contributed by atoms with Crippen LogP contribution in [0.4, 0.5) is 0 Å². The van der Waals surface area contributed by atoms with E-state index in [-0.39, 0.29) is 0 Å². The predicted molar refractivity (Wildman–Crippen MR) is 56.8 cm³/mol. The molecule has 0 aliphatic rings. The minimum atomic E-state index is 0.750. The van der Waals surface area contributed by atoms with E-state index in [1.54, 1.807) is 0 Å². The second-order valence-electron chi connectivity index (χ2n) is 2.82. The zero-order chi connectivity index (χ0) is 9.94. The van der Waals surface area contributed by atoms with Crippen LogP contribution >= 0.6 is 0 Å². The van der Waals surface area contributed by atoms with Crippen molar-refractivity contribution in [2.45, 2.75) is 33.1 Å². The molecule has 0 spiro atoms. The molecule has 1 aromatic rings. The van der Waals surface area contributed by atoms with E-state index in [4.69, 9.17) is 4.79 Å². The topological polar surface area (TPSA) is 17.1 Å². The third-order valence-electron chi connectivity index (χ3n) is 1.66. The van der Waals surface area contributed by atoms with Crippen LogP contribution in [0.1, 0.15) is 32.3 Å². The molecule has 0 saturated carbocycles. The van der Waals surface area contributed by atoms with E-state index in [1.807, 2.05) is 0 Å². The van der Waals surface area contributed by atoms with Crippen LogP contribution in [0.2, 0.25) is 0 Å². The Balaban J connectivity index is 0.000000424. The fourth-order valence-electron chi connectivity index (χ4n) is 1.03. The van der Waals surface area contributed by atoms with Crippen LogP contribution in [0.15, 0.2) is 30.3 Å². The van der Waals surface area contributed by atoms with Gasteiger partial charge in [-0.05, 0) is 25.3 Å². The van der Waals surface area contributed by atoms with Gasteiger partial charge in [0, 0.05) is 0 Å². The molecule has 1 rings (SSSR count). The standard InChI is InChI=1S/C10H14.C2H4O/c1-2-3-7-10-8-5-4-6-9-10;1-2-3/h4-6,8-9H,2-3,7H2,1H3;2H,1H3. The molecule has 72 valence electrons. The van der Waals surface area contributed by atoms with Crippen molar-refractivity contribution in [3.05, 3.63) is 35.9 Å². The first-order valence-corrected chi connectivity index (χ1v) is 4.78. The Morgan fingerprint density at radius 3 is 2.23 bits per heavy atom. The summed E-state index contributed by atoms with van der Waals surface area (Å²) in [7, 11) is 0. The molecule has 1 nitrogen and oxygen atoms in total. The molecule has 13 heavy (non-hydrogen) atoms. The van der Waals surface area contributed by atoms with Crippen LogP contribution in [0.5, 0.6) is 0 Å². The minimum Gasteiger partial charge on any atom is -0.304 e. The van der Waals surface area contributed by atoms with E-state index in [9.17, 15) is 0 Å². The van der Waals surface area contributed by atoms with E-state index in [0.29, 0.717) is 0 Å². The molecule has 0 saturated heterocycles. The van der Waals surface area contributed by atoms with Gasteiger partial charge in [0.2, 0.25) is 0 Å². The molecule has 0 radical (unpaired) electrons. The molecule has 0 heterocycles. The molecule has 0 aliphatic carbocycles. The molecule has 0 atom stereocenters. The van der Waals surface area contributed by atoms with Gasteiger partial charge >= 0.3 is 0 Å². The van der Waals surface area contributed by atoms with Crippen molar-refractivity contribution >= 4 is 6.29 Å². The number of rotatable bonds is 3. The van der Waals surface area contributed by atoms with Gasteiger partial charge in [-0.1, -0.05) is 43.7 Å². The molecule has 0 bridgehead atoms. The zero-order valence-corrected chi connectivity index (χ0v) is 8.49. The van der Waals surface area contributed by atoms with Crippen molar-refractivity contribution in [2.75, 3.05) is 0 Å². The van der Waals surface area contributed by atoms with Crippen LogP contribution in [0, 0.1) is 0 Å². The summed E-state index contributed by atoms with van der Waals surface area (Å²) in [5.41, 5.74) is 1.46. The van der Waals surface area contributed by atoms with Crippen molar-refractivity contribution in [1.82, 2.24) is 0 Å². The van der Waals surface area contributed by atoms with E-state index >= 15 is 0 Å². The summed E-state index contributed by atoms with van der Waals surface area (Å²) in [6, 6.07) is 10.6. The fraction of sp³-hybridized carbons (Fsp3) is 0.417. The highest BCUT2D eigenvalue weighted by Gasteiger charge is 1.87. The first-order valence-electron chi connectivity index (χ1n) is 4.78. The third kappa shape index (κ3) is 7.26. The van der Waals surface area contributed by atoms with E-state index < -0.39 is 0 Å². The van der Waals surface area contributed by atoms with Gasteiger partial charge in [-0.15, -0.1) is 0 Å². The summed E-state index contributed by atoms with van der Waals surface area (Å²) >= 11 is 0. The fourth-order valence-corrected chi connectivity index (χ4v) is 1.03. The molecule has 1 aromatic carbocycles. The van der Waals surface area contributed by atoms with Gasteiger partial charge in [0.1, 0.15) is 6.29 Å². The second-order valence-corrected chi connectivity index (χ2v) is 2.82. The molecular weight excluding hydrogens is 160 g/mol. The summed E-state index contributed by atoms with van der Waals surface area (Å²) in [4.78, 5) is 8.81. The van der Waals surface area contributed by atoms with Crippen molar-refractivity contribution in [1.29, 1.82) is 0 Å². The predicted octanol–water partition coefficient (Wildman–Crippen LogP) is 3.23. The Kier molecular flexibility index (Phi) is 8.21. The first kappa shape index (κ1) is 11.9. The summed E-state index contributed by atoms with van der Waals surface area (Å²) < 4.78 is 0. The van der Waals surface area contributed by atoms with Crippen LogP contribution < -0.4 is 0 Å². The smallest absolute Gasteiger partial charge is 0.116 e. The first-order chi connectivity index (χ1) is 6.35. The summed E-state index contributed by atoms with van der Waals surface area (Å²) in [5.74, 6) is 0. The van der Waals surface area contributed by atoms with E-state index in [2.05, 4.69) is 37.3 Å². The third-order valence-corrected chi connectivity index (χ3v) is 1.66. The van der Waals surface area contributed by atoms with Crippen LogP contribution in [0.3, 0.4) is 0 Å². The van der Waals surface area contributed by atoms with Gasteiger partial charge in [-0.3, -0.25) is 0 Å². The number of hydrogen-bond donors (Lipinski definition) is 0. The Morgan fingerprint density at radius 2 is 1.77 bits per heavy atom. The van der Waals surface area contributed by atoms with Crippen LogP contribution in [0.25, 0.3) is 0 Å². The number of aryl methyl sites for hydroxylation is 1. The summed E-state index contributed by atoms with van der Waals surface area (Å²) in [5, 5.41) is 0. The largest absolute Gasteiger partial charge is 0.304 e. The van der Waals surface area contributed by atoms with Crippen LogP contribution in [-0.4, -0.2) is 6.29 Å². The molecule has 0 aromatic heterocycles. The lowest BCUT2D eigenvalue weighted by atomic mass is 10.1. The Morgan fingerprint density at radius 1 is 1.23 bits per heavy atom. The SMILES string of the molecule is CC=O.CCCCc1ccccc1. The summed E-state index contributed by atoms with van der Waals surface area (Å²) in [6.07, 6.45) is 4.58. The lowest BCUT2D eigenvalue weighted by Crippen LogP contribution is -1.81. The minimum absolute atomic E-state index is 0.750. The maximum absolute atomic E-state index is 8.81. The lowest BCUT2D eigenvalue weighted by Gasteiger charge is -1.96. The van der Waals surface area contributed by atoms with Crippen molar-refractivity contribution in [2.24, 2.45) is 0 Å². The van der Waals surface area contributed by atoms with E-state index in [0.717, 1.165) is 6.29 Å². The maximum Gasteiger partial charge on any atom is 0.116 e. The molecule has 0 N–H and O–H groups in total. The monoisotopic (exact) mass is 178 g/mol. The molecular formula is C12H18O. The highest BCUT2D eigenvalue weighted by atomic mass is 16.1. The number of unbranched alkanes of at least 4 members (excludes halogenated alkanes) is 1. The van der Waals surface area contributed by atoms with Gasteiger partial charge < -0.3 is 4.79 Å². The van der Waals surface area contributed by atoms with Crippen molar-refractivity contribution < 1.29 is 4.79 Å². The molecule has 0 fully saturated rings.